The molecule has 0 aliphatic carbocycles. The lowest BCUT2D eigenvalue weighted by atomic mass is 9.99. The van der Waals surface area contributed by atoms with Crippen molar-refractivity contribution in [1.82, 2.24) is 104 Å². The highest BCUT2D eigenvalue weighted by Crippen LogP contribution is 2.28. The summed E-state index contributed by atoms with van der Waals surface area (Å²) in [5.74, 6) is -10.7. The lowest BCUT2D eigenvalue weighted by molar-refractivity contribution is -0.136. The van der Waals surface area contributed by atoms with Gasteiger partial charge in [0.15, 0.2) is 23.8 Å². The number of aromatic amines is 6. The van der Waals surface area contributed by atoms with Crippen LogP contribution in [0.4, 0.5) is 0 Å². The zero-order chi connectivity index (χ0) is 90.3. The van der Waals surface area contributed by atoms with Crippen LogP contribution in [0.1, 0.15) is 84.7 Å². The number of hydrogen-bond donors (Lipinski definition) is 28. The van der Waals surface area contributed by atoms with Gasteiger partial charge in [-0.25, -0.2) is 0 Å². The molecule has 38 nitrogen and oxygen atoms in total. The standard InChI is InChI=1S/C90H108N28O10/c91-87(92)99-33-13-29-67-77(119)109-68(30-14-34-100-88(93)94)78(120)111-70(32-16-36-102-90(97)98)80(122)113-72(38-50-44-104-62-24-8-2-18-56(50)62)82(124)115-74(40-52-46-106-64-26-10-4-20-58(52)64)84(126)117-76(42-54-48-108-66-28-12-6-22-60(54)66)86(128)118-75(41-53-47-107-65-27-11-5-21-59(53)65)85(127)116-73(39-51-45-105-63-25-9-3-19-57(51)63)83(125)114-71(37-49-43-103-61-23-7-1-17-55(49)61)81(123)112-69(79(121)110-67)31-15-35-101-89(95)96/h1-12,17-28,43-48,67-76,103-108H,13-16,29-42H2,(H,109,119)(H,110,121)(H,111,120)(H,112,123)(H,113,122)(H,114,125)(H,115,124)(H,116,127)(H,117,126)(H,118,128)(H4,91,92,99)(H4,93,94,100)(H4,95,96,101)(H4,97,98,102)/t67-,68-,69-,70-,71-,72-,73-,74-,75-,76-/m0/s1. The van der Waals surface area contributed by atoms with Gasteiger partial charge in [0.05, 0.1) is 0 Å². The largest absolute Gasteiger partial charge is 0.370 e. The first-order valence-corrected chi connectivity index (χ1v) is 42.5. The van der Waals surface area contributed by atoms with Gasteiger partial charge < -0.3 is 127 Å². The number of hydrogen-bond acceptors (Lipinski definition) is 14. The van der Waals surface area contributed by atoms with Gasteiger partial charge in [-0.3, -0.25) is 69.6 Å². The van der Waals surface area contributed by atoms with Gasteiger partial charge in [-0.05, 0) is 121 Å². The summed E-state index contributed by atoms with van der Waals surface area (Å²) in [7, 11) is 0. The number of benzene rings is 6. The van der Waals surface area contributed by atoms with Crippen LogP contribution in [0.5, 0.6) is 0 Å². The van der Waals surface area contributed by atoms with Crippen LogP contribution in [0.15, 0.2) is 183 Å². The van der Waals surface area contributed by atoms with E-state index in [9.17, 15) is 0 Å². The van der Waals surface area contributed by atoms with E-state index in [1.165, 1.54) is 0 Å². The predicted molar refractivity (Wildman–Crippen MR) is 488 cm³/mol. The number of nitrogens with two attached hydrogens (primary N) is 4. The topological polar surface area (TPSA) is 633 Å². The van der Waals surface area contributed by atoms with Crippen molar-refractivity contribution in [2.45, 2.75) is 150 Å². The number of H-pyrrole nitrogens is 6. The summed E-state index contributed by atoms with van der Waals surface area (Å²) < 4.78 is 0. The third-order valence-corrected chi connectivity index (χ3v) is 22.9. The molecule has 0 spiro atoms. The van der Waals surface area contributed by atoms with E-state index in [0.717, 1.165) is 0 Å². The van der Waals surface area contributed by atoms with Crippen molar-refractivity contribution in [3.8, 4) is 0 Å². The molecule has 7 heterocycles. The van der Waals surface area contributed by atoms with Crippen molar-refractivity contribution in [2.24, 2.45) is 22.9 Å². The van der Waals surface area contributed by atoms with Gasteiger partial charge in [0, 0.05) is 167 Å². The molecule has 1 aliphatic rings. The van der Waals surface area contributed by atoms with Gasteiger partial charge >= 0.3 is 0 Å². The number of carbonyl (C=O) groups excluding carboxylic acids is 10. The van der Waals surface area contributed by atoms with Crippen LogP contribution >= 0.6 is 0 Å². The molecule has 6 aromatic heterocycles. The third-order valence-electron chi connectivity index (χ3n) is 22.9. The zero-order valence-electron chi connectivity index (χ0n) is 70.2. The van der Waals surface area contributed by atoms with E-state index >= 15 is 47.9 Å². The van der Waals surface area contributed by atoms with E-state index in [-0.39, 0.29) is 116 Å². The van der Waals surface area contributed by atoms with Crippen LogP contribution in [0, 0.1) is 21.6 Å². The number of guanidine groups is 4. The second-order valence-electron chi connectivity index (χ2n) is 31.9. The highest BCUT2D eigenvalue weighted by molar-refractivity contribution is 6.02. The molecule has 10 amide bonds. The van der Waals surface area contributed by atoms with E-state index in [1.807, 2.05) is 121 Å². The number of nitrogens with one attached hydrogen (secondary N) is 24. The number of rotatable bonds is 28. The van der Waals surface area contributed by atoms with Gasteiger partial charge in [0.1, 0.15) is 60.4 Å². The smallest absolute Gasteiger partial charge is 0.243 e. The van der Waals surface area contributed by atoms with E-state index < -0.39 is 143 Å². The minimum atomic E-state index is -1.59. The van der Waals surface area contributed by atoms with Gasteiger partial charge in [-0.1, -0.05) is 109 Å². The van der Waals surface area contributed by atoms with Gasteiger partial charge in [0.25, 0.3) is 0 Å². The van der Waals surface area contributed by atoms with Crippen molar-refractivity contribution in [3.63, 3.8) is 0 Å². The molecular formula is C90H108N28O10. The van der Waals surface area contributed by atoms with Crippen molar-refractivity contribution < 1.29 is 47.9 Å². The minimum Gasteiger partial charge on any atom is -0.370 e. The molecule has 12 aromatic rings. The average Bonchev–Trinajstić information content (AvgIpc) is 1.69. The van der Waals surface area contributed by atoms with E-state index in [0.29, 0.717) is 98.8 Å². The van der Waals surface area contributed by atoms with Crippen molar-refractivity contribution in [1.29, 1.82) is 21.6 Å². The molecule has 10 atom stereocenters. The Bertz CT molecular complexity index is 5800. The van der Waals surface area contributed by atoms with Crippen LogP contribution in [0.2, 0.25) is 0 Å². The molecular weight excluding hydrogens is 1630 g/mol. The van der Waals surface area contributed by atoms with E-state index in [4.69, 9.17) is 44.6 Å². The summed E-state index contributed by atoms with van der Waals surface area (Å²) in [5.41, 5.74) is 30.3. The number of para-hydroxylation sites is 6. The molecule has 0 bridgehead atoms. The monoisotopic (exact) mass is 1740 g/mol. The Kier molecular flexibility index (Phi) is 30.0. The summed E-state index contributed by atoms with van der Waals surface area (Å²) in [6.45, 7) is 0.0204. The first-order chi connectivity index (χ1) is 61.9. The highest BCUT2D eigenvalue weighted by atomic mass is 16.2. The normalized spacial score (nSPS) is 20.1. The van der Waals surface area contributed by atoms with Crippen molar-refractivity contribution >= 4 is 148 Å². The molecule has 0 radical (unpaired) electrons. The third kappa shape index (κ3) is 23.6. The molecule has 0 unspecified atom stereocenters. The maximum atomic E-state index is 16.3. The van der Waals surface area contributed by atoms with Crippen LogP contribution < -0.4 is 97.4 Å². The van der Waals surface area contributed by atoms with Crippen LogP contribution in [-0.2, 0) is 86.5 Å². The summed E-state index contributed by atoms with van der Waals surface area (Å²) in [6, 6.07) is 27.9. The molecule has 128 heavy (non-hydrogen) atoms. The first-order valence-electron chi connectivity index (χ1n) is 42.5. The van der Waals surface area contributed by atoms with Gasteiger partial charge in [-0.2, -0.15) is 0 Å². The maximum Gasteiger partial charge on any atom is 0.243 e. The Morgan fingerprint density at radius 3 is 0.523 bits per heavy atom. The molecule has 668 valence electrons. The summed E-state index contributed by atoms with van der Waals surface area (Å²) >= 11 is 0. The molecule has 1 saturated heterocycles. The SMILES string of the molecule is N=C(N)NCCC[C@@H]1NC(=O)[C@H](CCCNC(=N)N)NC(=O)[C@H](CCCNC(=N)N)NC(=O)[C@H](Cc2c[nH]c3ccccc23)NC(=O)[C@H](Cc2c[nH]c3ccccc23)NC(=O)[C@H](Cc2c[nH]c3ccccc23)NC(=O)[C@H](Cc2c[nH]c3ccccc23)NC(=O)[C@H](Cc2c[nH]c3ccccc23)NC(=O)[C@H](Cc2c[nH]c3ccccc23)NC(=O)[C@H](CCCNC(=N)N)NC1=O. The second-order valence-corrected chi connectivity index (χ2v) is 31.9. The number of amides is 10. The summed E-state index contributed by atoms with van der Waals surface area (Å²) in [5, 5.41) is 75.8. The van der Waals surface area contributed by atoms with Crippen LogP contribution in [0.25, 0.3) is 65.4 Å². The Morgan fingerprint density at radius 2 is 0.367 bits per heavy atom. The van der Waals surface area contributed by atoms with Crippen molar-refractivity contribution in [2.75, 3.05) is 26.2 Å². The molecule has 32 N–H and O–H groups in total. The quantitative estimate of drug-likeness (QED) is 0.0190. The first kappa shape index (κ1) is 90.1. The van der Waals surface area contributed by atoms with Crippen LogP contribution in [-0.4, -0.2) is 199 Å². The fraction of sp³-hybridized carbons (Fsp3) is 0.311. The number of aromatic nitrogens is 6. The van der Waals surface area contributed by atoms with E-state index in [1.54, 1.807) is 61.4 Å². The predicted octanol–water partition coefficient (Wildman–Crippen LogP) is 2.25. The van der Waals surface area contributed by atoms with Crippen LogP contribution in [0.3, 0.4) is 0 Å². The lowest BCUT2D eigenvalue weighted by Crippen LogP contribution is -2.62. The molecule has 1 fully saturated rings. The lowest BCUT2D eigenvalue weighted by Gasteiger charge is -2.29. The fourth-order valence-electron chi connectivity index (χ4n) is 16.3. The summed E-state index contributed by atoms with van der Waals surface area (Å²) in [6.07, 6.45) is 8.12. The second kappa shape index (κ2) is 42.6. The fourth-order valence-corrected chi connectivity index (χ4v) is 16.3. The highest BCUT2D eigenvalue weighted by Gasteiger charge is 2.39. The Balaban J connectivity index is 0.951. The minimum absolute atomic E-state index is 0.00234. The zero-order valence-corrected chi connectivity index (χ0v) is 70.2. The molecule has 13 rings (SSSR count). The maximum absolute atomic E-state index is 16.3. The molecule has 6 aromatic carbocycles. The van der Waals surface area contributed by atoms with E-state index in [2.05, 4.69) is 104 Å². The Morgan fingerprint density at radius 1 is 0.227 bits per heavy atom. The van der Waals surface area contributed by atoms with Crippen molar-refractivity contribution in [3.05, 3.63) is 216 Å². The summed E-state index contributed by atoms with van der Waals surface area (Å²) in [4.78, 5) is 178. The molecule has 38 heteroatoms. The molecule has 1 aliphatic heterocycles. The number of carbonyl (C=O) groups is 10. The van der Waals surface area contributed by atoms with Gasteiger partial charge in [0.2, 0.25) is 59.1 Å². The molecule has 0 saturated carbocycles. The number of fused-ring (bicyclic) bond motifs is 6. The Labute approximate surface area is 734 Å². The Hall–Kier alpha value is -15.7. The average molecular weight is 1740 g/mol. The van der Waals surface area contributed by atoms with Gasteiger partial charge in [-0.15, -0.1) is 0 Å².